The van der Waals surface area contributed by atoms with Crippen molar-refractivity contribution in [2.24, 2.45) is 0 Å². The summed E-state index contributed by atoms with van der Waals surface area (Å²) < 4.78 is 38.4. The van der Waals surface area contributed by atoms with Gasteiger partial charge in [-0.05, 0) is 38.1 Å². The topological polar surface area (TPSA) is 75.3 Å². The lowest BCUT2D eigenvalue weighted by Gasteiger charge is -2.17. The van der Waals surface area contributed by atoms with Crippen LogP contribution in [0, 0.1) is 0 Å². The molecule has 0 aliphatic heterocycles. The van der Waals surface area contributed by atoms with Crippen LogP contribution < -0.4 is 10.0 Å². The van der Waals surface area contributed by atoms with Gasteiger partial charge in [0.25, 0.3) is 0 Å². The molecule has 0 aliphatic carbocycles. The fourth-order valence-electron chi connectivity index (χ4n) is 2.22. The number of sulfonamides is 1. The van der Waals surface area contributed by atoms with Crippen LogP contribution in [0.4, 0.5) is 0 Å². The number of nitrogens with one attached hydrogen (secondary N) is 2. The third-order valence-corrected chi connectivity index (χ3v) is 5.73. The monoisotopic (exact) mass is 332 g/mol. The van der Waals surface area contributed by atoms with Gasteiger partial charge >= 0.3 is 0 Å². The van der Waals surface area contributed by atoms with Crippen molar-refractivity contribution in [2.75, 3.05) is 19.1 Å². The van der Waals surface area contributed by atoms with Crippen molar-refractivity contribution in [3.8, 4) is 0 Å². The quantitative estimate of drug-likeness (QED) is 0.754. The van der Waals surface area contributed by atoms with Crippen molar-refractivity contribution in [3.63, 3.8) is 0 Å². The van der Waals surface area contributed by atoms with E-state index in [4.69, 9.17) is 0 Å². The first-order chi connectivity index (χ1) is 9.80. The SMILES string of the molecule is CCC(NC)c1cccc(S(=O)(=O)NC(C)CS(C)=O)c1. The highest BCUT2D eigenvalue weighted by atomic mass is 32.2. The summed E-state index contributed by atoms with van der Waals surface area (Å²) in [6.45, 7) is 3.75. The fourth-order valence-corrected chi connectivity index (χ4v) is 4.41. The summed E-state index contributed by atoms with van der Waals surface area (Å²) in [5, 5.41) is 3.16. The molecule has 0 spiro atoms. The van der Waals surface area contributed by atoms with E-state index in [-0.39, 0.29) is 17.0 Å². The van der Waals surface area contributed by atoms with Crippen LogP contribution in [0.3, 0.4) is 0 Å². The molecule has 2 N–H and O–H groups in total. The first kappa shape index (κ1) is 18.3. The maximum Gasteiger partial charge on any atom is 0.240 e. The molecular formula is C14H24N2O3S2. The molecule has 0 saturated heterocycles. The van der Waals surface area contributed by atoms with Gasteiger partial charge in [0, 0.05) is 34.9 Å². The number of rotatable bonds is 8. The number of benzene rings is 1. The molecule has 1 rings (SSSR count). The second-order valence-corrected chi connectivity index (χ2v) is 8.28. The van der Waals surface area contributed by atoms with E-state index in [1.54, 1.807) is 31.4 Å². The van der Waals surface area contributed by atoms with Crippen LogP contribution in [-0.2, 0) is 20.8 Å². The van der Waals surface area contributed by atoms with Gasteiger partial charge in [-0.15, -0.1) is 0 Å². The van der Waals surface area contributed by atoms with E-state index in [1.165, 1.54) is 0 Å². The largest absolute Gasteiger partial charge is 0.313 e. The van der Waals surface area contributed by atoms with Gasteiger partial charge in [0.1, 0.15) is 0 Å². The summed E-state index contributed by atoms with van der Waals surface area (Å²) in [5.41, 5.74) is 0.939. The fraction of sp³-hybridized carbons (Fsp3) is 0.571. The molecule has 3 atom stereocenters. The van der Waals surface area contributed by atoms with Gasteiger partial charge in [-0.2, -0.15) is 0 Å². The number of hydrogen-bond acceptors (Lipinski definition) is 4. The van der Waals surface area contributed by atoms with Crippen LogP contribution in [0.25, 0.3) is 0 Å². The van der Waals surface area contributed by atoms with Gasteiger partial charge in [0.15, 0.2) is 0 Å². The Morgan fingerprint density at radius 3 is 2.52 bits per heavy atom. The molecule has 1 aromatic rings. The zero-order chi connectivity index (χ0) is 16.0. The molecule has 0 radical (unpaired) electrons. The molecule has 7 heteroatoms. The molecule has 0 saturated carbocycles. The van der Waals surface area contributed by atoms with Crippen LogP contribution in [0.1, 0.15) is 31.9 Å². The highest BCUT2D eigenvalue weighted by Crippen LogP contribution is 2.20. The van der Waals surface area contributed by atoms with Crippen molar-refractivity contribution in [1.82, 2.24) is 10.0 Å². The Kier molecular flexibility index (Phi) is 6.99. The molecule has 120 valence electrons. The van der Waals surface area contributed by atoms with Gasteiger partial charge in [0.05, 0.1) is 4.90 Å². The smallest absolute Gasteiger partial charge is 0.240 e. The minimum Gasteiger partial charge on any atom is -0.313 e. The molecule has 21 heavy (non-hydrogen) atoms. The zero-order valence-corrected chi connectivity index (χ0v) is 14.6. The first-order valence-corrected chi connectivity index (χ1v) is 10.1. The molecule has 0 fully saturated rings. The maximum atomic E-state index is 12.3. The number of hydrogen-bond donors (Lipinski definition) is 2. The average Bonchev–Trinajstić information content (AvgIpc) is 2.39. The van der Waals surface area contributed by atoms with Gasteiger partial charge in [-0.1, -0.05) is 19.1 Å². The first-order valence-electron chi connectivity index (χ1n) is 6.89. The lowest BCUT2D eigenvalue weighted by Crippen LogP contribution is -2.36. The molecule has 0 aliphatic rings. The second kappa shape index (κ2) is 8.03. The standard InChI is InChI=1S/C14H24N2O3S2/c1-5-14(15-3)12-7-6-8-13(9-12)21(18,19)16-11(2)10-20(4)17/h6-9,11,14-16H,5,10H2,1-4H3. The van der Waals surface area contributed by atoms with Gasteiger partial charge < -0.3 is 5.32 Å². The van der Waals surface area contributed by atoms with E-state index in [0.29, 0.717) is 5.75 Å². The van der Waals surface area contributed by atoms with Crippen LogP contribution in [0.15, 0.2) is 29.2 Å². The maximum absolute atomic E-state index is 12.3. The minimum absolute atomic E-state index is 0.126. The average molecular weight is 332 g/mol. The van der Waals surface area contributed by atoms with Crippen molar-refractivity contribution in [1.29, 1.82) is 0 Å². The Bertz CT molecular complexity index is 584. The third-order valence-electron chi connectivity index (χ3n) is 3.17. The van der Waals surface area contributed by atoms with Crippen molar-refractivity contribution < 1.29 is 12.6 Å². The highest BCUT2D eigenvalue weighted by molar-refractivity contribution is 7.89. The van der Waals surface area contributed by atoms with Crippen molar-refractivity contribution >= 4 is 20.8 Å². The summed E-state index contributed by atoms with van der Waals surface area (Å²) in [6, 6.07) is 6.67. The normalized spacial score (nSPS) is 16.4. The molecule has 0 heterocycles. The van der Waals surface area contributed by atoms with Crippen LogP contribution in [0.5, 0.6) is 0 Å². The minimum atomic E-state index is -3.59. The third kappa shape index (κ3) is 5.50. The molecule has 5 nitrogen and oxygen atoms in total. The summed E-state index contributed by atoms with van der Waals surface area (Å²) in [5.74, 6) is 0.299. The summed E-state index contributed by atoms with van der Waals surface area (Å²) in [4.78, 5) is 0.238. The Balaban J connectivity index is 2.98. The molecule has 0 bridgehead atoms. The van der Waals surface area contributed by atoms with Crippen LogP contribution in [0.2, 0.25) is 0 Å². The summed E-state index contributed by atoms with van der Waals surface area (Å²) in [6.07, 6.45) is 2.43. The Hall–Kier alpha value is -0.760. The van der Waals surface area contributed by atoms with Crippen molar-refractivity contribution in [2.45, 2.75) is 37.2 Å². The summed E-state index contributed by atoms with van der Waals surface area (Å²) >= 11 is 0. The van der Waals surface area contributed by atoms with E-state index in [1.807, 2.05) is 20.0 Å². The van der Waals surface area contributed by atoms with E-state index in [0.717, 1.165) is 12.0 Å². The van der Waals surface area contributed by atoms with Gasteiger partial charge in [-0.25, -0.2) is 13.1 Å². The summed E-state index contributed by atoms with van der Waals surface area (Å²) in [7, 11) is -2.77. The van der Waals surface area contributed by atoms with E-state index in [9.17, 15) is 12.6 Å². The molecule has 0 amide bonds. The second-order valence-electron chi connectivity index (χ2n) is 5.08. The van der Waals surface area contributed by atoms with Crippen molar-refractivity contribution in [3.05, 3.63) is 29.8 Å². The van der Waals surface area contributed by atoms with Gasteiger partial charge in [0.2, 0.25) is 10.0 Å². The molecule has 0 aromatic heterocycles. The van der Waals surface area contributed by atoms with E-state index >= 15 is 0 Å². The van der Waals surface area contributed by atoms with Crippen LogP contribution >= 0.6 is 0 Å². The molecular weight excluding hydrogens is 308 g/mol. The molecule has 3 unspecified atom stereocenters. The zero-order valence-electron chi connectivity index (χ0n) is 12.9. The predicted molar refractivity (Wildman–Crippen MR) is 87.3 cm³/mol. The van der Waals surface area contributed by atoms with E-state index < -0.39 is 20.8 Å². The lowest BCUT2D eigenvalue weighted by molar-refractivity contribution is 0.565. The van der Waals surface area contributed by atoms with E-state index in [2.05, 4.69) is 10.0 Å². The highest BCUT2D eigenvalue weighted by Gasteiger charge is 2.19. The lowest BCUT2D eigenvalue weighted by atomic mass is 10.1. The molecule has 1 aromatic carbocycles. The Morgan fingerprint density at radius 2 is 2.00 bits per heavy atom. The Labute approximate surface area is 130 Å². The Morgan fingerprint density at radius 1 is 1.33 bits per heavy atom. The van der Waals surface area contributed by atoms with Crippen LogP contribution in [-0.4, -0.2) is 37.7 Å². The predicted octanol–water partition coefficient (Wildman–Crippen LogP) is 1.40. The van der Waals surface area contributed by atoms with Gasteiger partial charge in [-0.3, -0.25) is 4.21 Å².